The van der Waals surface area contributed by atoms with Gasteiger partial charge < -0.3 is 10.4 Å². The predicted molar refractivity (Wildman–Crippen MR) is 66.8 cm³/mol. The Bertz CT molecular complexity index is 389. The topological polar surface area (TPSA) is 62.2 Å². The molecule has 0 fully saturated rings. The largest absolute Gasteiger partial charge is 0.388 e. The van der Waals surface area contributed by atoms with Crippen molar-refractivity contribution in [3.8, 4) is 0 Å². The standard InChI is InChI=1S/C13H20N2O2/c1-4-6-13(3,17)9-15-12(16)11-5-7-14-10(2)8-11/h5,7-8,17H,4,6,9H2,1-3H3,(H,15,16). The van der Waals surface area contributed by atoms with Gasteiger partial charge in [-0.1, -0.05) is 13.3 Å². The molecule has 4 nitrogen and oxygen atoms in total. The number of hydrogen-bond donors (Lipinski definition) is 2. The van der Waals surface area contributed by atoms with E-state index < -0.39 is 5.60 Å². The van der Waals surface area contributed by atoms with Crippen LogP contribution < -0.4 is 5.32 Å². The van der Waals surface area contributed by atoms with Crippen molar-refractivity contribution in [2.75, 3.05) is 6.54 Å². The smallest absolute Gasteiger partial charge is 0.251 e. The van der Waals surface area contributed by atoms with Crippen LogP contribution in [0, 0.1) is 6.92 Å². The summed E-state index contributed by atoms with van der Waals surface area (Å²) >= 11 is 0. The Morgan fingerprint density at radius 2 is 2.29 bits per heavy atom. The van der Waals surface area contributed by atoms with Crippen molar-refractivity contribution in [2.45, 2.75) is 39.2 Å². The Kier molecular flexibility index (Phi) is 4.63. The van der Waals surface area contributed by atoms with Crippen LogP contribution in [0.4, 0.5) is 0 Å². The Morgan fingerprint density at radius 3 is 2.88 bits per heavy atom. The zero-order valence-electron chi connectivity index (χ0n) is 10.7. The number of rotatable bonds is 5. The van der Waals surface area contributed by atoms with Gasteiger partial charge in [-0.2, -0.15) is 0 Å². The van der Waals surface area contributed by atoms with Crippen LogP contribution in [0.5, 0.6) is 0 Å². The van der Waals surface area contributed by atoms with Crippen LogP contribution in [0.25, 0.3) is 0 Å². The molecule has 0 spiro atoms. The third-order valence-electron chi connectivity index (χ3n) is 2.58. The molecule has 2 N–H and O–H groups in total. The molecule has 0 aromatic carbocycles. The third-order valence-corrected chi connectivity index (χ3v) is 2.58. The normalized spacial score (nSPS) is 14.1. The molecule has 17 heavy (non-hydrogen) atoms. The summed E-state index contributed by atoms with van der Waals surface area (Å²) in [5, 5.41) is 12.7. The summed E-state index contributed by atoms with van der Waals surface area (Å²) in [4.78, 5) is 15.8. The summed E-state index contributed by atoms with van der Waals surface area (Å²) in [6.45, 7) is 5.84. The van der Waals surface area contributed by atoms with E-state index in [0.717, 1.165) is 12.1 Å². The molecule has 1 atom stereocenters. The van der Waals surface area contributed by atoms with Crippen LogP contribution in [-0.4, -0.2) is 28.1 Å². The van der Waals surface area contributed by atoms with Crippen molar-refractivity contribution >= 4 is 5.91 Å². The van der Waals surface area contributed by atoms with Crippen LogP contribution in [-0.2, 0) is 0 Å². The summed E-state index contributed by atoms with van der Waals surface area (Å²) in [6, 6.07) is 3.39. The van der Waals surface area contributed by atoms with Crippen LogP contribution >= 0.6 is 0 Å². The molecule has 0 aliphatic carbocycles. The SMILES string of the molecule is CCCC(C)(O)CNC(=O)c1ccnc(C)c1. The predicted octanol–water partition coefficient (Wildman–Crippen LogP) is 1.67. The Labute approximate surface area is 102 Å². The Morgan fingerprint density at radius 1 is 1.59 bits per heavy atom. The van der Waals surface area contributed by atoms with Crippen molar-refractivity contribution < 1.29 is 9.90 Å². The molecular weight excluding hydrogens is 216 g/mol. The number of nitrogens with zero attached hydrogens (tertiary/aromatic N) is 1. The molecule has 1 aromatic rings. The molecule has 0 radical (unpaired) electrons. The van der Waals surface area contributed by atoms with Crippen molar-refractivity contribution in [3.63, 3.8) is 0 Å². The van der Waals surface area contributed by atoms with Crippen molar-refractivity contribution in [1.82, 2.24) is 10.3 Å². The molecule has 0 aliphatic heterocycles. The first kappa shape index (κ1) is 13.6. The van der Waals surface area contributed by atoms with E-state index in [9.17, 15) is 9.90 Å². The molecule has 4 heteroatoms. The number of nitrogens with one attached hydrogen (secondary N) is 1. The van der Waals surface area contributed by atoms with Gasteiger partial charge in [0.15, 0.2) is 0 Å². The number of aliphatic hydroxyl groups is 1. The minimum Gasteiger partial charge on any atom is -0.388 e. The average molecular weight is 236 g/mol. The molecule has 1 amide bonds. The van der Waals surface area contributed by atoms with E-state index in [1.54, 1.807) is 25.3 Å². The molecule has 1 aromatic heterocycles. The van der Waals surface area contributed by atoms with E-state index in [-0.39, 0.29) is 12.5 Å². The second kappa shape index (κ2) is 5.77. The lowest BCUT2D eigenvalue weighted by Crippen LogP contribution is -2.40. The monoisotopic (exact) mass is 236 g/mol. The van der Waals surface area contributed by atoms with Gasteiger partial charge in [0.2, 0.25) is 0 Å². The number of carbonyl (C=O) groups excluding carboxylic acids is 1. The Hall–Kier alpha value is -1.42. The summed E-state index contributed by atoms with van der Waals surface area (Å²) < 4.78 is 0. The van der Waals surface area contributed by atoms with Gasteiger partial charge in [-0.25, -0.2) is 0 Å². The van der Waals surface area contributed by atoms with Gasteiger partial charge in [-0.3, -0.25) is 9.78 Å². The molecule has 0 saturated carbocycles. The summed E-state index contributed by atoms with van der Waals surface area (Å²) in [5.74, 6) is -0.174. The van der Waals surface area contributed by atoms with Crippen molar-refractivity contribution in [3.05, 3.63) is 29.6 Å². The zero-order valence-corrected chi connectivity index (χ0v) is 10.7. The first-order valence-corrected chi connectivity index (χ1v) is 5.88. The van der Waals surface area contributed by atoms with Gasteiger partial charge in [0.05, 0.1) is 5.60 Å². The maximum absolute atomic E-state index is 11.8. The highest BCUT2D eigenvalue weighted by atomic mass is 16.3. The number of carbonyl (C=O) groups is 1. The minimum atomic E-state index is -0.841. The van der Waals surface area contributed by atoms with Crippen molar-refractivity contribution in [1.29, 1.82) is 0 Å². The molecule has 1 unspecified atom stereocenters. The fourth-order valence-electron chi connectivity index (χ4n) is 1.69. The van der Waals surface area contributed by atoms with E-state index in [2.05, 4.69) is 10.3 Å². The lowest BCUT2D eigenvalue weighted by molar-refractivity contribution is 0.0469. The van der Waals surface area contributed by atoms with Crippen molar-refractivity contribution in [2.24, 2.45) is 0 Å². The first-order chi connectivity index (χ1) is 7.94. The average Bonchev–Trinajstić information content (AvgIpc) is 2.26. The van der Waals surface area contributed by atoms with Gasteiger partial charge in [-0.05, 0) is 32.4 Å². The second-order valence-corrected chi connectivity index (χ2v) is 4.62. The Balaban J connectivity index is 2.56. The van der Waals surface area contributed by atoms with E-state index in [4.69, 9.17) is 0 Å². The highest BCUT2D eigenvalue weighted by molar-refractivity contribution is 5.94. The minimum absolute atomic E-state index is 0.174. The maximum Gasteiger partial charge on any atom is 0.251 e. The van der Waals surface area contributed by atoms with Gasteiger partial charge in [-0.15, -0.1) is 0 Å². The lowest BCUT2D eigenvalue weighted by atomic mass is 10.0. The summed E-state index contributed by atoms with van der Waals surface area (Å²) in [7, 11) is 0. The van der Waals surface area contributed by atoms with Gasteiger partial charge in [0.25, 0.3) is 5.91 Å². The van der Waals surface area contributed by atoms with E-state index >= 15 is 0 Å². The number of amides is 1. The number of pyridine rings is 1. The molecular formula is C13H20N2O2. The van der Waals surface area contributed by atoms with Crippen LogP contribution in [0.2, 0.25) is 0 Å². The second-order valence-electron chi connectivity index (χ2n) is 4.62. The fourth-order valence-corrected chi connectivity index (χ4v) is 1.69. The van der Waals surface area contributed by atoms with Gasteiger partial charge in [0.1, 0.15) is 0 Å². The molecule has 94 valence electrons. The summed E-state index contributed by atoms with van der Waals surface area (Å²) in [5.41, 5.74) is 0.537. The molecule has 1 rings (SSSR count). The number of aromatic nitrogens is 1. The summed E-state index contributed by atoms with van der Waals surface area (Å²) in [6.07, 6.45) is 3.16. The molecule has 0 aliphatic rings. The number of aryl methyl sites for hydroxylation is 1. The zero-order chi connectivity index (χ0) is 12.9. The first-order valence-electron chi connectivity index (χ1n) is 5.88. The molecule has 1 heterocycles. The van der Waals surface area contributed by atoms with Gasteiger partial charge >= 0.3 is 0 Å². The van der Waals surface area contributed by atoms with Crippen LogP contribution in [0.1, 0.15) is 42.7 Å². The van der Waals surface area contributed by atoms with E-state index in [0.29, 0.717) is 12.0 Å². The fraction of sp³-hybridized carbons (Fsp3) is 0.538. The highest BCUT2D eigenvalue weighted by Gasteiger charge is 2.20. The van der Waals surface area contributed by atoms with Gasteiger partial charge in [0, 0.05) is 24.0 Å². The molecule has 0 bridgehead atoms. The van der Waals surface area contributed by atoms with E-state index in [1.165, 1.54) is 0 Å². The highest BCUT2D eigenvalue weighted by Crippen LogP contribution is 2.10. The quantitative estimate of drug-likeness (QED) is 0.817. The van der Waals surface area contributed by atoms with E-state index in [1.807, 2.05) is 13.8 Å². The van der Waals surface area contributed by atoms with Crippen LogP contribution in [0.15, 0.2) is 18.3 Å². The third kappa shape index (κ3) is 4.53. The number of hydrogen-bond acceptors (Lipinski definition) is 3. The lowest BCUT2D eigenvalue weighted by Gasteiger charge is -2.22. The molecule has 0 saturated heterocycles. The maximum atomic E-state index is 11.8. The van der Waals surface area contributed by atoms with Crippen LogP contribution in [0.3, 0.4) is 0 Å².